The van der Waals surface area contributed by atoms with Crippen LogP contribution in [0.2, 0.25) is 0 Å². The molecule has 1 aliphatic rings. The fourth-order valence-corrected chi connectivity index (χ4v) is 1.86. The molecule has 0 radical (unpaired) electrons. The maximum atomic E-state index is 5.51. The van der Waals surface area contributed by atoms with E-state index in [-0.39, 0.29) is 0 Å². The third kappa shape index (κ3) is 2.92. The van der Waals surface area contributed by atoms with E-state index in [4.69, 9.17) is 4.74 Å². The molecule has 1 saturated carbocycles. The molecule has 0 spiro atoms. The van der Waals surface area contributed by atoms with Gasteiger partial charge in [-0.15, -0.1) is 10.2 Å². The van der Waals surface area contributed by atoms with Gasteiger partial charge in [-0.2, -0.15) is 0 Å². The summed E-state index contributed by atoms with van der Waals surface area (Å²) in [6.07, 6.45) is 4.00. The van der Waals surface area contributed by atoms with Crippen LogP contribution in [0.5, 0.6) is 0 Å². The van der Waals surface area contributed by atoms with Gasteiger partial charge in [0.2, 0.25) is 5.13 Å². The first kappa shape index (κ1) is 9.86. The minimum Gasteiger partial charge on any atom is -0.374 e. The Morgan fingerprint density at radius 2 is 2.36 bits per heavy atom. The van der Waals surface area contributed by atoms with Gasteiger partial charge in [-0.25, -0.2) is 0 Å². The highest BCUT2D eigenvalue weighted by molar-refractivity contribution is 7.15. The fraction of sp³-hybridized carbons (Fsp3) is 0.778. The van der Waals surface area contributed by atoms with Crippen LogP contribution in [0.15, 0.2) is 0 Å². The molecule has 4 nitrogen and oxygen atoms in total. The van der Waals surface area contributed by atoms with E-state index in [1.807, 2.05) is 7.05 Å². The molecule has 1 fully saturated rings. The van der Waals surface area contributed by atoms with Crippen molar-refractivity contribution in [1.29, 1.82) is 0 Å². The Bertz CT molecular complexity index is 285. The number of nitrogens with one attached hydrogen (secondary N) is 1. The van der Waals surface area contributed by atoms with E-state index in [2.05, 4.69) is 15.5 Å². The average Bonchev–Trinajstić information content (AvgIpc) is 2.91. The van der Waals surface area contributed by atoms with Gasteiger partial charge in [-0.3, -0.25) is 0 Å². The lowest BCUT2D eigenvalue weighted by molar-refractivity contribution is 0.114. The Labute approximate surface area is 87.7 Å². The van der Waals surface area contributed by atoms with Crippen LogP contribution in [0.3, 0.4) is 0 Å². The SMILES string of the molecule is CNc1nnc(COCCC2CC2)s1. The smallest absolute Gasteiger partial charge is 0.205 e. The molecular weight excluding hydrogens is 198 g/mol. The van der Waals surface area contributed by atoms with Crippen molar-refractivity contribution in [3.63, 3.8) is 0 Å². The average molecular weight is 213 g/mol. The van der Waals surface area contributed by atoms with E-state index in [0.717, 1.165) is 22.7 Å². The summed E-state index contributed by atoms with van der Waals surface area (Å²) in [6, 6.07) is 0. The predicted octanol–water partition coefficient (Wildman–Crippen LogP) is 1.90. The zero-order valence-corrected chi connectivity index (χ0v) is 9.14. The minimum atomic E-state index is 0.603. The van der Waals surface area contributed by atoms with Crippen molar-refractivity contribution in [1.82, 2.24) is 10.2 Å². The molecule has 2 rings (SSSR count). The van der Waals surface area contributed by atoms with Gasteiger partial charge >= 0.3 is 0 Å². The molecule has 5 heteroatoms. The summed E-state index contributed by atoms with van der Waals surface area (Å²) in [4.78, 5) is 0. The number of ether oxygens (including phenoxy) is 1. The Morgan fingerprint density at radius 1 is 1.50 bits per heavy atom. The summed E-state index contributed by atoms with van der Waals surface area (Å²) in [5.41, 5.74) is 0. The Morgan fingerprint density at radius 3 is 3.00 bits per heavy atom. The van der Waals surface area contributed by atoms with Crippen LogP contribution < -0.4 is 5.32 Å². The Hall–Kier alpha value is -0.680. The van der Waals surface area contributed by atoms with E-state index >= 15 is 0 Å². The largest absolute Gasteiger partial charge is 0.374 e. The van der Waals surface area contributed by atoms with Crippen molar-refractivity contribution < 1.29 is 4.74 Å². The monoisotopic (exact) mass is 213 g/mol. The molecule has 78 valence electrons. The van der Waals surface area contributed by atoms with E-state index in [1.165, 1.54) is 19.3 Å². The van der Waals surface area contributed by atoms with Gasteiger partial charge in [0.25, 0.3) is 0 Å². The Kier molecular flexibility index (Phi) is 3.31. The van der Waals surface area contributed by atoms with Crippen LogP contribution in [0.1, 0.15) is 24.3 Å². The number of hydrogen-bond acceptors (Lipinski definition) is 5. The van der Waals surface area contributed by atoms with Gasteiger partial charge in [-0.05, 0) is 12.3 Å². The number of nitrogens with zero attached hydrogens (tertiary/aromatic N) is 2. The lowest BCUT2D eigenvalue weighted by Crippen LogP contribution is -1.95. The molecule has 1 heterocycles. The summed E-state index contributed by atoms with van der Waals surface area (Å²) in [5, 5.41) is 12.7. The van der Waals surface area contributed by atoms with Crippen molar-refractivity contribution in [3.05, 3.63) is 5.01 Å². The van der Waals surface area contributed by atoms with Crippen molar-refractivity contribution in [2.24, 2.45) is 5.92 Å². The molecule has 0 saturated heterocycles. The zero-order chi connectivity index (χ0) is 9.80. The third-order valence-corrected chi connectivity index (χ3v) is 3.19. The standard InChI is InChI=1S/C9H15N3OS/c1-10-9-12-11-8(14-9)6-13-5-4-7-2-3-7/h7H,2-6H2,1H3,(H,10,12). The molecule has 0 unspecified atom stereocenters. The minimum absolute atomic E-state index is 0.603. The van der Waals surface area contributed by atoms with Crippen molar-refractivity contribution in [2.75, 3.05) is 19.0 Å². The van der Waals surface area contributed by atoms with Crippen molar-refractivity contribution in [2.45, 2.75) is 25.9 Å². The van der Waals surface area contributed by atoms with E-state index in [9.17, 15) is 0 Å². The molecule has 0 bridgehead atoms. The highest BCUT2D eigenvalue weighted by Gasteiger charge is 2.20. The van der Waals surface area contributed by atoms with Crippen LogP contribution in [0, 0.1) is 5.92 Å². The molecule has 0 amide bonds. The number of rotatable bonds is 6. The summed E-state index contributed by atoms with van der Waals surface area (Å²) in [5.74, 6) is 0.942. The molecular formula is C9H15N3OS. The first-order chi connectivity index (χ1) is 6.88. The third-order valence-electron chi connectivity index (χ3n) is 2.27. The van der Waals surface area contributed by atoms with E-state index < -0.39 is 0 Å². The maximum absolute atomic E-state index is 5.51. The lowest BCUT2D eigenvalue weighted by Gasteiger charge is -1.99. The van der Waals surface area contributed by atoms with Gasteiger partial charge in [0.15, 0.2) is 0 Å². The van der Waals surface area contributed by atoms with E-state index in [0.29, 0.717) is 6.61 Å². The van der Waals surface area contributed by atoms with E-state index in [1.54, 1.807) is 11.3 Å². The molecule has 1 aromatic rings. The van der Waals surface area contributed by atoms with Crippen LogP contribution in [0.25, 0.3) is 0 Å². The van der Waals surface area contributed by atoms with Gasteiger partial charge in [-0.1, -0.05) is 24.2 Å². The van der Waals surface area contributed by atoms with Crippen molar-refractivity contribution in [3.8, 4) is 0 Å². The summed E-state index contributed by atoms with van der Waals surface area (Å²) >= 11 is 1.55. The molecule has 1 aromatic heterocycles. The topological polar surface area (TPSA) is 47.0 Å². The highest BCUT2D eigenvalue weighted by atomic mass is 32.1. The Balaban J connectivity index is 1.63. The first-order valence-electron chi connectivity index (χ1n) is 4.96. The summed E-state index contributed by atoms with van der Waals surface area (Å²) < 4.78 is 5.51. The number of aromatic nitrogens is 2. The van der Waals surface area contributed by atoms with Crippen molar-refractivity contribution >= 4 is 16.5 Å². The first-order valence-corrected chi connectivity index (χ1v) is 5.78. The molecule has 1 aliphatic carbocycles. The van der Waals surface area contributed by atoms with Gasteiger partial charge in [0, 0.05) is 13.7 Å². The zero-order valence-electron chi connectivity index (χ0n) is 8.32. The predicted molar refractivity (Wildman–Crippen MR) is 56.5 cm³/mol. The molecule has 14 heavy (non-hydrogen) atoms. The number of hydrogen-bond donors (Lipinski definition) is 1. The normalized spacial score (nSPS) is 15.8. The molecule has 0 atom stereocenters. The van der Waals surface area contributed by atoms with Gasteiger partial charge in [0.05, 0.1) is 0 Å². The highest BCUT2D eigenvalue weighted by Crippen LogP contribution is 2.32. The lowest BCUT2D eigenvalue weighted by atomic mass is 10.3. The fourth-order valence-electron chi connectivity index (χ4n) is 1.23. The second kappa shape index (κ2) is 4.70. The summed E-state index contributed by atoms with van der Waals surface area (Å²) in [7, 11) is 1.85. The van der Waals surface area contributed by atoms with Gasteiger partial charge < -0.3 is 10.1 Å². The van der Waals surface area contributed by atoms with Crippen LogP contribution >= 0.6 is 11.3 Å². The molecule has 0 aromatic carbocycles. The quantitative estimate of drug-likeness (QED) is 0.733. The molecule has 1 N–H and O–H groups in total. The number of anilines is 1. The van der Waals surface area contributed by atoms with Gasteiger partial charge in [0.1, 0.15) is 11.6 Å². The molecule has 0 aliphatic heterocycles. The summed E-state index contributed by atoms with van der Waals surface area (Å²) in [6.45, 7) is 1.46. The second-order valence-corrected chi connectivity index (χ2v) is 4.60. The maximum Gasteiger partial charge on any atom is 0.205 e. The second-order valence-electron chi connectivity index (χ2n) is 3.54. The van der Waals surface area contributed by atoms with Crippen LogP contribution in [-0.4, -0.2) is 23.9 Å². The van der Waals surface area contributed by atoms with Crippen LogP contribution in [0.4, 0.5) is 5.13 Å². The van der Waals surface area contributed by atoms with Crippen LogP contribution in [-0.2, 0) is 11.3 Å².